The SMILES string of the molecule is CN1CC[C@H]2CC(=O)c3cc(N(C)C)ccc3C[C@@H]2C1. The van der Waals surface area contributed by atoms with Crippen molar-refractivity contribution in [1.82, 2.24) is 4.90 Å². The van der Waals surface area contributed by atoms with E-state index < -0.39 is 0 Å². The van der Waals surface area contributed by atoms with E-state index in [1.54, 1.807) is 0 Å². The fourth-order valence-corrected chi connectivity index (χ4v) is 3.67. The molecule has 0 aromatic heterocycles. The highest BCUT2D eigenvalue weighted by Crippen LogP contribution is 2.35. The maximum Gasteiger partial charge on any atom is 0.163 e. The average Bonchev–Trinajstić information content (AvgIpc) is 2.54. The van der Waals surface area contributed by atoms with Crippen molar-refractivity contribution in [3.8, 4) is 0 Å². The number of hydrogen-bond acceptors (Lipinski definition) is 3. The number of carbonyl (C=O) groups is 1. The van der Waals surface area contributed by atoms with Gasteiger partial charge in [0, 0.05) is 38.3 Å². The van der Waals surface area contributed by atoms with Crippen LogP contribution in [0, 0.1) is 11.8 Å². The van der Waals surface area contributed by atoms with Crippen molar-refractivity contribution in [2.45, 2.75) is 19.3 Å². The first-order chi connectivity index (χ1) is 9.54. The third kappa shape index (κ3) is 2.47. The molecule has 1 aromatic rings. The second-order valence-corrected chi connectivity index (χ2v) is 6.64. The molecule has 1 fully saturated rings. The third-order valence-corrected chi connectivity index (χ3v) is 4.93. The fourth-order valence-electron chi connectivity index (χ4n) is 3.67. The zero-order chi connectivity index (χ0) is 14.3. The molecule has 1 aromatic carbocycles. The lowest BCUT2D eigenvalue weighted by Crippen LogP contribution is -2.38. The second kappa shape index (κ2) is 5.21. The predicted molar refractivity (Wildman–Crippen MR) is 82.5 cm³/mol. The van der Waals surface area contributed by atoms with Crippen LogP contribution in [0.2, 0.25) is 0 Å². The van der Waals surface area contributed by atoms with Crippen molar-refractivity contribution in [3.05, 3.63) is 29.3 Å². The molecule has 0 saturated carbocycles. The summed E-state index contributed by atoms with van der Waals surface area (Å²) in [7, 11) is 6.24. The van der Waals surface area contributed by atoms with E-state index in [2.05, 4.69) is 35.0 Å². The van der Waals surface area contributed by atoms with Crippen molar-refractivity contribution >= 4 is 11.5 Å². The van der Waals surface area contributed by atoms with Gasteiger partial charge in [0.15, 0.2) is 5.78 Å². The molecule has 1 aliphatic carbocycles. The minimum Gasteiger partial charge on any atom is -0.378 e. The first-order valence-corrected chi connectivity index (χ1v) is 7.56. The van der Waals surface area contributed by atoms with Crippen LogP contribution in [0.4, 0.5) is 5.69 Å². The number of benzene rings is 1. The van der Waals surface area contributed by atoms with E-state index in [0.717, 1.165) is 37.2 Å². The Bertz CT molecular complexity index is 524. The number of nitrogens with zero attached hydrogens (tertiary/aromatic N) is 2. The summed E-state index contributed by atoms with van der Waals surface area (Å²) in [6.45, 7) is 2.26. The highest BCUT2D eigenvalue weighted by atomic mass is 16.1. The van der Waals surface area contributed by atoms with Gasteiger partial charge in [-0.25, -0.2) is 0 Å². The van der Waals surface area contributed by atoms with Crippen LogP contribution in [0.25, 0.3) is 0 Å². The normalized spacial score (nSPS) is 26.6. The van der Waals surface area contributed by atoms with Gasteiger partial charge < -0.3 is 9.80 Å². The first kappa shape index (κ1) is 13.6. The Hall–Kier alpha value is -1.35. The minimum absolute atomic E-state index is 0.348. The van der Waals surface area contributed by atoms with Gasteiger partial charge >= 0.3 is 0 Å². The van der Waals surface area contributed by atoms with E-state index in [4.69, 9.17) is 0 Å². The average molecular weight is 272 g/mol. The summed E-state index contributed by atoms with van der Waals surface area (Å²) in [5.74, 6) is 1.57. The summed E-state index contributed by atoms with van der Waals surface area (Å²) >= 11 is 0. The number of Topliss-reactive ketones (excluding diaryl/α,β-unsaturated/α-hetero) is 1. The van der Waals surface area contributed by atoms with Crippen LogP contribution in [-0.4, -0.2) is 44.9 Å². The van der Waals surface area contributed by atoms with Gasteiger partial charge in [-0.1, -0.05) is 6.07 Å². The monoisotopic (exact) mass is 272 g/mol. The van der Waals surface area contributed by atoms with Crippen molar-refractivity contribution in [2.75, 3.05) is 39.1 Å². The zero-order valence-corrected chi connectivity index (χ0v) is 12.7. The Morgan fingerprint density at radius 2 is 2.00 bits per heavy atom. The van der Waals surface area contributed by atoms with Gasteiger partial charge in [0.05, 0.1) is 0 Å². The van der Waals surface area contributed by atoms with E-state index in [9.17, 15) is 4.79 Å². The Balaban J connectivity index is 1.94. The summed E-state index contributed by atoms with van der Waals surface area (Å²) in [5, 5.41) is 0. The lowest BCUT2D eigenvalue weighted by Gasteiger charge is -2.35. The van der Waals surface area contributed by atoms with E-state index in [-0.39, 0.29) is 0 Å². The quantitative estimate of drug-likeness (QED) is 0.784. The molecule has 0 unspecified atom stereocenters. The van der Waals surface area contributed by atoms with Gasteiger partial charge in [0.25, 0.3) is 0 Å². The maximum atomic E-state index is 12.6. The van der Waals surface area contributed by atoms with Crippen molar-refractivity contribution < 1.29 is 4.79 Å². The number of hydrogen-bond donors (Lipinski definition) is 0. The molecule has 108 valence electrons. The Kier molecular flexibility index (Phi) is 3.55. The summed E-state index contributed by atoms with van der Waals surface area (Å²) in [5.41, 5.74) is 3.34. The standard InChI is InChI=1S/C17H24N2O/c1-18(2)15-5-4-13-8-14-11-19(3)7-6-12(14)9-17(20)16(13)10-15/h4-5,10,12,14H,6-9,11H2,1-3H3/t12-,14+/m0/s1. The molecule has 3 heteroatoms. The fraction of sp³-hybridized carbons (Fsp3) is 0.588. The Morgan fingerprint density at radius 1 is 1.20 bits per heavy atom. The van der Waals surface area contributed by atoms with E-state index in [0.29, 0.717) is 17.6 Å². The molecular weight excluding hydrogens is 248 g/mol. The van der Waals surface area contributed by atoms with Crippen LogP contribution >= 0.6 is 0 Å². The summed E-state index contributed by atoms with van der Waals surface area (Å²) in [4.78, 5) is 17.1. The zero-order valence-electron chi connectivity index (χ0n) is 12.7. The lowest BCUT2D eigenvalue weighted by molar-refractivity contribution is 0.0890. The molecule has 20 heavy (non-hydrogen) atoms. The van der Waals surface area contributed by atoms with Gasteiger partial charge in [0.2, 0.25) is 0 Å². The molecule has 0 spiro atoms. The van der Waals surface area contributed by atoms with Crippen LogP contribution < -0.4 is 4.90 Å². The third-order valence-electron chi connectivity index (χ3n) is 4.93. The number of ketones is 1. The second-order valence-electron chi connectivity index (χ2n) is 6.64. The van der Waals surface area contributed by atoms with Crippen LogP contribution in [0.1, 0.15) is 28.8 Å². The van der Waals surface area contributed by atoms with Crippen molar-refractivity contribution in [2.24, 2.45) is 11.8 Å². The first-order valence-electron chi connectivity index (χ1n) is 7.56. The van der Waals surface area contributed by atoms with Gasteiger partial charge in [-0.2, -0.15) is 0 Å². The molecule has 0 N–H and O–H groups in total. The van der Waals surface area contributed by atoms with Crippen LogP contribution in [0.5, 0.6) is 0 Å². The molecule has 0 amide bonds. The van der Waals surface area contributed by atoms with Crippen LogP contribution in [0.15, 0.2) is 18.2 Å². The Morgan fingerprint density at radius 3 is 2.75 bits per heavy atom. The van der Waals surface area contributed by atoms with Crippen molar-refractivity contribution in [3.63, 3.8) is 0 Å². The summed E-state index contributed by atoms with van der Waals surface area (Å²) < 4.78 is 0. The topological polar surface area (TPSA) is 23.6 Å². The maximum absolute atomic E-state index is 12.6. The largest absolute Gasteiger partial charge is 0.378 e. The number of likely N-dealkylation sites (tertiary alicyclic amines) is 1. The minimum atomic E-state index is 0.348. The van der Waals surface area contributed by atoms with Crippen LogP contribution in [-0.2, 0) is 6.42 Å². The van der Waals surface area contributed by atoms with Gasteiger partial charge in [0.1, 0.15) is 0 Å². The number of piperidine rings is 1. The predicted octanol–water partition coefficient (Wildman–Crippen LogP) is 2.45. The summed E-state index contributed by atoms with van der Waals surface area (Å²) in [6.07, 6.45) is 2.97. The molecule has 3 nitrogen and oxygen atoms in total. The molecule has 0 radical (unpaired) electrons. The molecular formula is C17H24N2O. The lowest BCUT2D eigenvalue weighted by atomic mass is 9.81. The number of rotatable bonds is 1. The number of anilines is 1. The molecule has 1 heterocycles. The van der Waals surface area contributed by atoms with Gasteiger partial charge in [-0.15, -0.1) is 0 Å². The molecule has 2 atom stereocenters. The highest BCUT2D eigenvalue weighted by Gasteiger charge is 2.33. The summed E-state index contributed by atoms with van der Waals surface area (Å²) in [6, 6.07) is 6.39. The van der Waals surface area contributed by atoms with E-state index >= 15 is 0 Å². The smallest absolute Gasteiger partial charge is 0.163 e. The van der Waals surface area contributed by atoms with Crippen molar-refractivity contribution in [1.29, 1.82) is 0 Å². The molecule has 0 bridgehead atoms. The van der Waals surface area contributed by atoms with Crippen LogP contribution in [0.3, 0.4) is 0 Å². The number of carbonyl (C=O) groups excluding carboxylic acids is 1. The van der Waals surface area contributed by atoms with Gasteiger partial charge in [-0.05, 0) is 56.0 Å². The van der Waals surface area contributed by atoms with E-state index in [1.807, 2.05) is 14.1 Å². The molecule has 1 saturated heterocycles. The molecule has 3 rings (SSSR count). The van der Waals surface area contributed by atoms with Gasteiger partial charge in [-0.3, -0.25) is 4.79 Å². The molecule has 1 aliphatic heterocycles. The number of fused-ring (bicyclic) bond motifs is 2. The Labute approximate surface area is 121 Å². The van der Waals surface area contributed by atoms with E-state index in [1.165, 1.54) is 12.0 Å². The molecule has 2 aliphatic rings. The highest BCUT2D eigenvalue weighted by molar-refractivity contribution is 5.99.